The lowest BCUT2D eigenvalue weighted by atomic mass is 10.2. The van der Waals surface area contributed by atoms with Crippen molar-refractivity contribution in [3.05, 3.63) is 42.6 Å². The van der Waals surface area contributed by atoms with Crippen molar-refractivity contribution in [3.63, 3.8) is 0 Å². The van der Waals surface area contributed by atoms with Crippen molar-refractivity contribution in [1.29, 1.82) is 0 Å². The third-order valence-electron chi connectivity index (χ3n) is 4.51. The molecule has 0 saturated carbocycles. The molecule has 1 N–H and O–H groups in total. The van der Waals surface area contributed by atoms with Crippen LogP contribution in [-0.2, 0) is 14.8 Å². The van der Waals surface area contributed by atoms with E-state index in [0.29, 0.717) is 42.3 Å². The number of para-hydroxylation sites is 1. The van der Waals surface area contributed by atoms with Gasteiger partial charge in [-0.15, -0.1) is 0 Å². The predicted molar refractivity (Wildman–Crippen MR) is 101 cm³/mol. The van der Waals surface area contributed by atoms with Crippen LogP contribution in [0.25, 0.3) is 16.7 Å². The van der Waals surface area contributed by atoms with E-state index in [9.17, 15) is 12.8 Å². The Hall–Kier alpha value is -2.63. The van der Waals surface area contributed by atoms with Gasteiger partial charge in [0.15, 0.2) is 5.65 Å². The van der Waals surface area contributed by atoms with Crippen molar-refractivity contribution in [2.75, 3.05) is 37.5 Å². The van der Waals surface area contributed by atoms with Crippen LogP contribution in [-0.4, -0.2) is 66.8 Å². The Labute approximate surface area is 161 Å². The Kier molecular flexibility index (Phi) is 4.96. The number of nitrogens with zero attached hydrogens (tertiary/aromatic N) is 5. The molecule has 3 aromatic rings. The summed E-state index contributed by atoms with van der Waals surface area (Å²) < 4.78 is 46.6. The Morgan fingerprint density at radius 2 is 2.14 bits per heavy atom. The van der Waals surface area contributed by atoms with Crippen molar-refractivity contribution in [2.45, 2.75) is 6.04 Å². The zero-order valence-corrected chi connectivity index (χ0v) is 15.9. The number of fused-ring (bicyclic) bond motifs is 1. The first-order valence-electron chi connectivity index (χ1n) is 8.67. The van der Waals surface area contributed by atoms with E-state index >= 15 is 0 Å². The second-order valence-electron chi connectivity index (χ2n) is 6.49. The summed E-state index contributed by atoms with van der Waals surface area (Å²) in [5.74, 6) is 0.199. The van der Waals surface area contributed by atoms with Crippen LogP contribution in [0.3, 0.4) is 0 Å². The van der Waals surface area contributed by atoms with E-state index in [1.807, 2.05) is 4.90 Å². The fraction of sp³-hybridized carbons (Fsp3) is 0.353. The quantitative estimate of drug-likeness (QED) is 0.666. The van der Waals surface area contributed by atoms with Crippen molar-refractivity contribution >= 4 is 26.9 Å². The van der Waals surface area contributed by atoms with Gasteiger partial charge >= 0.3 is 0 Å². The average molecular weight is 406 g/mol. The summed E-state index contributed by atoms with van der Waals surface area (Å²) in [5, 5.41) is 4.95. The topological polar surface area (TPSA) is 102 Å². The summed E-state index contributed by atoms with van der Waals surface area (Å²) >= 11 is 0. The van der Waals surface area contributed by atoms with Gasteiger partial charge in [-0.3, -0.25) is 0 Å². The van der Waals surface area contributed by atoms with E-state index < -0.39 is 15.8 Å². The molecule has 0 aliphatic carbocycles. The largest absolute Gasteiger partial charge is 0.377 e. The number of anilines is 1. The fourth-order valence-electron chi connectivity index (χ4n) is 3.21. The highest BCUT2D eigenvalue weighted by Gasteiger charge is 2.27. The minimum absolute atomic E-state index is 0.186. The summed E-state index contributed by atoms with van der Waals surface area (Å²) in [7, 11) is -3.33. The molecular formula is C17H19FN6O3S. The molecule has 9 nitrogen and oxygen atoms in total. The number of rotatable bonds is 5. The summed E-state index contributed by atoms with van der Waals surface area (Å²) in [4.78, 5) is 10.6. The van der Waals surface area contributed by atoms with Crippen molar-refractivity contribution in [1.82, 2.24) is 24.5 Å². The molecule has 1 fully saturated rings. The molecule has 1 unspecified atom stereocenters. The normalized spacial score (nSPS) is 17.9. The van der Waals surface area contributed by atoms with Gasteiger partial charge in [0.1, 0.15) is 23.6 Å². The maximum atomic E-state index is 14.2. The van der Waals surface area contributed by atoms with Crippen LogP contribution in [0.1, 0.15) is 0 Å². The van der Waals surface area contributed by atoms with Crippen LogP contribution in [0.5, 0.6) is 0 Å². The standard InChI is InChI=1S/C17H19FN6O3S/c1-28(25,26)22-8-12-10-27-7-6-23(12)16-13-9-21-24(17(13)20-11-19-16)15-5-3-2-4-14(15)18/h2-5,9,11-12,22H,6-8,10H2,1H3. The first kappa shape index (κ1) is 18.7. The van der Waals surface area contributed by atoms with Crippen LogP contribution in [0.2, 0.25) is 0 Å². The number of hydrogen-bond acceptors (Lipinski definition) is 7. The first-order chi connectivity index (χ1) is 13.4. The smallest absolute Gasteiger partial charge is 0.208 e. The molecule has 28 heavy (non-hydrogen) atoms. The average Bonchev–Trinajstić information content (AvgIpc) is 3.10. The molecule has 148 valence electrons. The summed E-state index contributed by atoms with van der Waals surface area (Å²) in [6.45, 7) is 1.57. The number of halogens is 1. The Morgan fingerprint density at radius 1 is 1.32 bits per heavy atom. The highest BCUT2D eigenvalue weighted by atomic mass is 32.2. The van der Waals surface area contributed by atoms with Gasteiger partial charge in [0.05, 0.1) is 37.1 Å². The van der Waals surface area contributed by atoms with Crippen molar-refractivity contribution in [3.8, 4) is 5.69 Å². The molecule has 1 aliphatic heterocycles. The van der Waals surface area contributed by atoms with E-state index in [0.717, 1.165) is 6.26 Å². The lowest BCUT2D eigenvalue weighted by Gasteiger charge is -2.36. The van der Waals surface area contributed by atoms with Gasteiger partial charge < -0.3 is 9.64 Å². The van der Waals surface area contributed by atoms with E-state index in [1.54, 1.807) is 24.4 Å². The molecular weight excluding hydrogens is 387 g/mol. The van der Waals surface area contributed by atoms with Crippen LogP contribution in [0, 0.1) is 5.82 Å². The molecule has 1 saturated heterocycles. The van der Waals surface area contributed by atoms with Crippen LogP contribution in [0.4, 0.5) is 10.2 Å². The third kappa shape index (κ3) is 3.68. The van der Waals surface area contributed by atoms with E-state index in [2.05, 4.69) is 19.8 Å². The molecule has 1 aliphatic rings. The second kappa shape index (κ2) is 7.41. The first-order valence-corrected chi connectivity index (χ1v) is 10.6. The lowest BCUT2D eigenvalue weighted by molar-refractivity contribution is 0.0950. The van der Waals surface area contributed by atoms with Gasteiger partial charge in [0, 0.05) is 13.1 Å². The predicted octanol–water partition coefficient (Wildman–Crippen LogP) is 0.709. The maximum Gasteiger partial charge on any atom is 0.208 e. The zero-order valence-electron chi connectivity index (χ0n) is 15.1. The summed E-state index contributed by atoms with van der Waals surface area (Å²) in [5.41, 5.74) is 0.760. The molecule has 0 spiro atoms. The van der Waals surface area contributed by atoms with Crippen LogP contribution < -0.4 is 9.62 Å². The maximum absolute atomic E-state index is 14.2. The molecule has 0 amide bonds. The van der Waals surface area contributed by atoms with Crippen LogP contribution >= 0.6 is 0 Å². The number of sulfonamides is 1. The molecule has 1 atom stereocenters. The van der Waals surface area contributed by atoms with E-state index in [1.165, 1.54) is 17.1 Å². The monoisotopic (exact) mass is 406 g/mol. The summed E-state index contributed by atoms with van der Waals surface area (Å²) in [6, 6.07) is 6.08. The minimum atomic E-state index is -3.33. The second-order valence-corrected chi connectivity index (χ2v) is 8.32. The molecule has 4 rings (SSSR count). The third-order valence-corrected chi connectivity index (χ3v) is 5.20. The molecule has 11 heteroatoms. The molecule has 1 aromatic carbocycles. The van der Waals surface area contributed by atoms with Crippen LogP contribution in [0.15, 0.2) is 36.8 Å². The highest BCUT2D eigenvalue weighted by Crippen LogP contribution is 2.27. The Balaban J connectivity index is 1.73. The summed E-state index contributed by atoms with van der Waals surface area (Å²) in [6.07, 6.45) is 4.10. The number of hydrogen-bond donors (Lipinski definition) is 1. The van der Waals surface area contributed by atoms with Gasteiger partial charge in [-0.2, -0.15) is 5.10 Å². The van der Waals surface area contributed by atoms with Gasteiger partial charge in [0.25, 0.3) is 0 Å². The SMILES string of the molecule is CS(=O)(=O)NCC1COCCN1c1ncnc2c1cnn2-c1ccccc1F. The molecule has 2 aromatic heterocycles. The number of nitrogens with one attached hydrogen (secondary N) is 1. The molecule has 3 heterocycles. The van der Waals surface area contributed by atoms with Gasteiger partial charge in [-0.1, -0.05) is 12.1 Å². The van der Waals surface area contributed by atoms with Gasteiger partial charge in [0.2, 0.25) is 10.0 Å². The molecule has 0 bridgehead atoms. The van der Waals surface area contributed by atoms with Gasteiger partial charge in [-0.25, -0.2) is 32.2 Å². The molecule has 0 radical (unpaired) electrons. The number of morpholine rings is 1. The fourth-order valence-corrected chi connectivity index (χ4v) is 3.71. The minimum Gasteiger partial charge on any atom is -0.377 e. The number of benzene rings is 1. The lowest BCUT2D eigenvalue weighted by Crippen LogP contribution is -2.51. The van der Waals surface area contributed by atoms with E-state index in [4.69, 9.17) is 4.74 Å². The van der Waals surface area contributed by atoms with E-state index in [-0.39, 0.29) is 12.6 Å². The Morgan fingerprint density at radius 3 is 2.93 bits per heavy atom. The zero-order chi connectivity index (χ0) is 19.7. The number of aromatic nitrogens is 4. The Bertz CT molecular complexity index is 1100. The van der Waals surface area contributed by atoms with Crippen molar-refractivity contribution < 1.29 is 17.5 Å². The van der Waals surface area contributed by atoms with Crippen molar-refractivity contribution in [2.24, 2.45) is 0 Å². The van der Waals surface area contributed by atoms with Gasteiger partial charge in [-0.05, 0) is 12.1 Å². The number of ether oxygens (including phenoxy) is 1. The highest BCUT2D eigenvalue weighted by molar-refractivity contribution is 7.88.